The van der Waals surface area contributed by atoms with Crippen molar-refractivity contribution in [2.45, 2.75) is 45.1 Å². The van der Waals surface area contributed by atoms with Gasteiger partial charge in [-0.25, -0.2) is 4.98 Å². The molecule has 2 aromatic heterocycles. The molecule has 106 valence electrons. The summed E-state index contributed by atoms with van der Waals surface area (Å²) in [5, 5.41) is 9.38. The Morgan fingerprint density at radius 2 is 2.15 bits per heavy atom. The lowest BCUT2D eigenvalue weighted by Gasteiger charge is -2.07. The van der Waals surface area contributed by atoms with E-state index in [0.29, 0.717) is 12.4 Å². The Kier molecular flexibility index (Phi) is 4.11. The summed E-state index contributed by atoms with van der Waals surface area (Å²) in [6.07, 6.45) is 8.77. The number of hydrogen-bond donors (Lipinski definition) is 2. The topological polar surface area (TPSA) is 70.7 Å². The molecule has 1 aliphatic carbocycles. The van der Waals surface area contributed by atoms with E-state index in [9.17, 15) is 4.79 Å². The van der Waals surface area contributed by atoms with Crippen molar-refractivity contribution in [3.63, 3.8) is 0 Å². The van der Waals surface area contributed by atoms with E-state index in [0.717, 1.165) is 17.7 Å². The van der Waals surface area contributed by atoms with Crippen molar-refractivity contribution in [1.82, 2.24) is 20.5 Å². The molecule has 0 atom stereocenters. The van der Waals surface area contributed by atoms with Gasteiger partial charge in [-0.2, -0.15) is 5.10 Å². The summed E-state index contributed by atoms with van der Waals surface area (Å²) in [6.45, 7) is 0.390. The van der Waals surface area contributed by atoms with Crippen LogP contribution in [0.3, 0.4) is 0 Å². The largest absolute Gasteiger partial charge is 0.344 e. The summed E-state index contributed by atoms with van der Waals surface area (Å²) >= 11 is 1.64. The Morgan fingerprint density at radius 1 is 1.30 bits per heavy atom. The molecule has 0 aliphatic heterocycles. The number of carbonyl (C=O) groups excluding carboxylic acids is 1. The van der Waals surface area contributed by atoms with E-state index < -0.39 is 0 Å². The number of amides is 1. The minimum absolute atomic E-state index is 0.0156. The van der Waals surface area contributed by atoms with E-state index in [4.69, 9.17) is 0 Å². The van der Waals surface area contributed by atoms with Crippen molar-refractivity contribution >= 4 is 17.2 Å². The van der Waals surface area contributed by atoms with Crippen LogP contribution in [-0.4, -0.2) is 21.1 Å². The summed E-state index contributed by atoms with van der Waals surface area (Å²) < 4.78 is 0. The number of H-pyrrole nitrogens is 1. The SMILES string of the molecule is O=C(NCc1ncn[nH]1)c1cc2c(s1)CCCCCC2. The minimum Gasteiger partial charge on any atom is -0.344 e. The zero-order chi connectivity index (χ0) is 13.8. The number of hydrogen-bond acceptors (Lipinski definition) is 4. The summed E-state index contributed by atoms with van der Waals surface area (Å²) in [5.41, 5.74) is 1.37. The lowest BCUT2D eigenvalue weighted by Crippen LogP contribution is -2.22. The van der Waals surface area contributed by atoms with Crippen molar-refractivity contribution in [3.8, 4) is 0 Å². The molecule has 0 fully saturated rings. The van der Waals surface area contributed by atoms with Crippen molar-refractivity contribution in [3.05, 3.63) is 33.5 Å². The molecule has 0 saturated heterocycles. The Hall–Kier alpha value is -1.69. The number of aromatic nitrogens is 3. The fourth-order valence-corrected chi connectivity index (χ4v) is 3.69. The Labute approximate surface area is 121 Å². The molecular formula is C14H18N4OS. The molecule has 0 bridgehead atoms. The molecular weight excluding hydrogens is 272 g/mol. The quantitative estimate of drug-likeness (QED) is 0.912. The van der Waals surface area contributed by atoms with Gasteiger partial charge in [0.2, 0.25) is 0 Å². The lowest BCUT2D eigenvalue weighted by molar-refractivity contribution is 0.0954. The molecule has 2 N–H and O–H groups in total. The average Bonchev–Trinajstić information content (AvgIpc) is 3.06. The van der Waals surface area contributed by atoms with Crippen LogP contribution in [0.1, 0.15) is 51.6 Å². The first kappa shape index (κ1) is 13.3. The van der Waals surface area contributed by atoms with Crippen LogP contribution in [0.4, 0.5) is 0 Å². The van der Waals surface area contributed by atoms with Gasteiger partial charge in [-0.1, -0.05) is 12.8 Å². The van der Waals surface area contributed by atoms with Crippen LogP contribution in [0.15, 0.2) is 12.4 Å². The zero-order valence-corrected chi connectivity index (χ0v) is 12.1. The number of nitrogens with one attached hydrogen (secondary N) is 2. The highest BCUT2D eigenvalue weighted by molar-refractivity contribution is 7.14. The average molecular weight is 290 g/mol. The van der Waals surface area contributed by atoms with E-state index in [-0.39, 0.29) is 5.91 Å². The smallest absolute Gasteiger partial charge is 0.261 e. The van der Waals surface area contributed by atoms with Crippen LogP contribution >= 0.6 is 11.3 Å². The third kappa shape index (κ3) is 3.07. The lowest BCUT2D eigenvalue weighted by atomic mass is 10.00. The zero-order valence-electron chi connectivity index (χ0n) is 11.3. The molecule has 1 aliphatic rings. The molecule has 0 saturated carbocycles. The number of aromatic amines is 1. The molecule has 0 aromatic carbocycles. The third-order valence-electron chi connectivity index (χ3n) is 3.60. The molecule has 0 spiro atoms. The van der Waals surface area contributed by atoms with Gasteiger partial charge >= 0.3 is 0 Å². The summed E-state index contributed by atoms with van der Waals surface area (Å²) in [5.74, 6) is 0.659. The maximum atomic E-state index is 12.2. The van der Waals surface area contributed by atoms with Gasteiger partial charge in [-0.15, -0.1) is 11.3 Å². The highest BCUT2D eigenvalue weighted by atomic mass is 32.1. The number of thiophene rings is 1. The van der Waals surface area contributed by atoms with E-state index >= 15 is 0 Å². The van der Waals surface area contributed by atoms with Gasteiger partial charge in [0, 0.05) is 4.88 Å². The van der Waals surface area contributed by atoms with E-state index in [1.54, 1.807) is 11.3 Å². The number of rotatable bonds is 3. The highest BCUT2D eigenvalue weighted by Gasteiger charge is 2.15. The molecule has 2 heterocycles. The van der Waals surface area contributed by atoms with Crippen LogP contribution in [0, 0.1) is 0 Å². The second kappa shape index (κ2) is 6.17. The predicted molar refractivity (Wildman–Crippen MR) is 77.7 cm³/mol. The summed E-state index contributed by atoms with van der Waals surface area (Å²) in [7, 11) is 0. The third-order valence-corrected chi connectivity index (χ3v) is 4.84. The maximum absolute atomic E-state index is 12.2. The molecule has 1 amide bonds. The summed E-state index contributed by atoms with van der Waals surface area (Å²) in [6, 6.07) is 2.07. The fraction of sp³-hybridized carbons (Fsp3) is 0.500. The minimum atomic E-state index is -0.0156. The normalized spacial score (nSPS) is 15.2. The van der Waals surface area contributed by atoms with Crippen molar-refractivity contribution in [2.75, 3.05) is 0 Å². The van der Waals surface area contributed by atoms with Crippen LogP contribution in [0.2, 0.25) is 0 Å². The Balaban J connectivity index is 1.67. The predicted octanol–water partition coefficient (Wildman–Crippen LogP) is 2.46. The summed E-state index contributed by atoms with van der Waals surface area (Å²) in [4.78, 5) is 18.4. The Morgan fingerprint density at radius 3 is 2.95 bits per heavy atom. The molecule has 3 rings (SSSR count). The second-order valence-electron chi connectivity index (χ2n) is 5.09. The molecule has 6 heteroatoms. The molecule has 2 aromatic rings. The van der Waals surface area contributed by atoms with Gasteiger partial charge in [0.25, 0.3) is 5.91 Å². The van der Waals surface area contributed by atoms with E-state index in [2.05, 4.69) is 26.6 Å². The van der Waals surface area contributed by atoms with Gasteiger partial charge in [0.05, 0.1) is 11.4 Å². The van der Waals surface area contributed by atoms with Crippen molar-refractivity contribution in [2.24, 2.45) is 0 Å². The van der Waals surface area contributed by atoms with Crippen LogP contribution in [-0.2, 0) is 19.4 Å². The highest BCUT2D eigenvalue weighted by Crippen LogP contribution is 2.28. The molecule has 0 unspecified atom stereocenters. The Bertz CT molecular complexity index is 551. The number of carbonyl (C=O) groups is 1. The first-order valence-electron chi connectivity index (χ1n) is 7.07. The molecule has 0 radical (unpaired) electrons. The van der Waals surface area contributed by atoms with Gasteiger partial charge < -0.3 is 5.32 Å². The second-order valence-corrected chi connectivity index (χ2v) is 6.22. The van der Waals surface area contributed by atoms with Crippen LogP contribution < -0.4 is 5.32 Å². The first-order valence-corrected chi connectivity index (χ1v) is 7.88. The van der Waals surface area contributed by atoms with Gasteiger partial charge in [-0.05, 0) is 37.3 Å². The van der Waals surface area contributed by atoms with Crippen LogP contribution in [0.5, 0.6) is 0 Å². The molecule has 20 heavy (non-hydrogen) atoms. The number of aryl methyl sites for hydroxylation is 2. The van der Waals surface area contributed by atoms with Gasteiger partial charge in [-0.3, -0.25) is 9.89 Å². The molecule has 5 nitrogen and oxygen atoms in total. The monoisotopic (exact) mass is 290 g/mol. The van der Waals surface area contributed by atoms with Crippen molar-refractivity contribution in [1.29, 1.82) is 0 Å². The van der Waals surface area contributed by atoms with E-state index in [1.165, 1.54) is 42.5 Å². The van der Waals surface area contributed by atoms with Gasteiger partial charge in [0.1, 0.15) is 12.2 Å². The van der Waals surface area contributed by atoms with Crippen LogP contribution in [0.25, 0.3) is 0 Å². The number of fused-ring (bicyclic) bond motifs is 1. The number of nitrogens with zero attached hydrogens (tertiary/aromatic N) is 2. The van der Waals surface area contributed by atoms with Gasteiger partial charge in [0.15, 0.2) is 0 Å². The fourth-order valence-electron chi connectivity index (χ4n) is 2.52. The van der Waals surface area contributed by atoms with E-state index in [1.807, 2.05) is 0 Å². The first-order chi connectivity index (χ1) is 9.83. The standard InChI is InChI=1S/C14H18N4OS/c19-14(15-8-13-16-9-17-18-13)12-7-10-5-3-1-2-4-6-11(10)20-12/h7,9H,1-6,8H2,(H,15,19)(H,16,17,18). The van der Waals surface area contributed by atoms with Crippen molar-refractivity contribution < 1.29 is 4.79 Å². The maximum Gasteiger partial charge on any atom is 0.261 e.